The molecule has 0 saturated heterocycles. The third-order valence-corrected chi connectivity index (χ3v) is 4.36. The third kappa shape index (κ3) is 7.83. The van der Waals surface area contributed by atoms with Crippen LogP contribution < -0.4 is 20.3 Å². The van der Waals surface area contributed by atoms with Crippen molar-refractivity contribution in [3.63, 3.8) is 0 Å². The topological polar surface area (TPSA) is 61.8 Å². The highest BCUT2D eigenvalue weighted by Crippen LogP contribution is 2.21. The second kappa shape index (κ2) is 11.9. The van der Waals surface area contributed by atoms with E-state index in [1.54, 1.807) is 29.5 Å². The number of nitrogens with one attached hydrogen (secondary N) is 2. The molecule has 0 unspecified atom stereocenters. The fourth-order valence-corrected chi connectivity index (χ4v) is 2.87. The summed E-state index contributed by atoms with van der Waals surface area (Å²) in [5.41, 5.74) is 1.50. The van der Waals surface area contributed by atoms with Crippen LogP contribution in [0.2, 0.25) is 0 Å². The van der Waals surface area contributed by atoms with Crippen molar-refractivity contribution >= 4 is 46.4 Å². The Morgan fingerprint density at radius 3 is 2.67 bits per heavy atom. The summed E-state index contributed by atoms with van der Waals surface area (Å²) in [4.78, 5) is 10.9. The van der Waals surface area contributed by atoms with Crippen molar-refractivity contribution in [2.45, 2.75) is 26.6 Å². The summed E-state index contributed by atoms with van der Waals surface area (Å²) < 4.78 is 29.5. The molecule has 2 rings (SSSR count). The number of aromatic nitrogens is 1. The van der Waals surface area contributed by atoms with E-state index < -0.39 is 6.61 Å². The zero-order chi connectivity index (χ0) is 18.9. The standard InChI is InChI=1S/C17H23F2N5OS.HI/c1-4-20-16(22-10-13-11-26-17(23-13)24(2)3)21-9-12-7-5-6-8-14(12)25-15(18)19;/h5-8,11,15H,4,9-10H2,1-3H3,(H2,20,21,22);1H. The van der Waals surface area contributed by atoms with E-state index in [2.05, 4.69) is 25.3 Å². The van der Waals surface area contributed by atoms with Crippen LogP contribution >= 0.6 is 35.3 Å². The van der Waals surface area contributed by atoms with E-state index in [1.165, 1.54) is 6.07 Å². The molecule has 1 heterocycles. The second-order valence-electron chi connectivity index (χ2n) is 5.55. The summed E-state index contributed by atoms with van der Waals surface area (Å²) in [7, 11) is 3.89. The molecule has 0 radical (unpaired) electrons. The lowest BCUT2D eigenvalue weighted by Gasteiger charge is -2.12. The summed E-state index contributed by atoms with van der Waals surface area (Å²) in [6.45, 7) is 0.518. The van der Waals surface area contributed by atoms with Gasteiger partial charge in [0.2, 0.25) is 0 Å². The van der Waals surface area contributed by atoms with E-state index in [-0.39, 0.29) is 36.3 Å². The van der Waals surface area contributed by atoms with Crippen LogP contribution in [-0.4, -0.2) is 38.2 Å². The Morgan fingerprint density at radius 2 is 2.04 bits per heavy atom. The Hall–Kier alpha value is -1.69. The van der Waals surface area contributed by atoms with Gasteiger partial charge in [-0.3, -0.25) is 0 Å². The predicted molar refractivity (Wildman–Crippen MR) is 117 cm³/mol. The SMILES string of the molecule is CCNC(=NCc1ccccc1OC(F)F)NCc1csc(N(C)C)n1.I. The molecule has 2 N–H and O–H groups in total. The van der Waals surface area contributed by atoms with Crippen LogP contribution in [0.25, 0.3) is 0 Å². The quantitative estimate of drug-likeness (QED) is 0.322. The molecule has 27 heavy (non-hydrogen) atoms. The van der Waals surface area contributed by atoms with Crippen molar-refractivity contribution in [3.05, 3.63) is 40.9 Å². The largest absolute Gasteiger partial charge is 0.434 e. The molecule has 0 fully saturated rings. The monoisotopic (exact) mass is 511 g/mol. The Labute approximate surface area is 179 Å². The summed E-state index contributed by atoms with van der Waals surface area (Å²) in [5, 5.41) is 9.24. The summed E-state index contributed by atoms with van der Waals surface area (Å²) >= 11 is 1.57. The highest BCUT2D eigenvalue weighted by molar-refractivity contribution is 14.0. The van der Waals surface area contributed by atoms with Crippen LogP contribution in [0, 0.1) is 0 Å². The number of rotatable bonds is 8. The second-order valence-corrected chi connectivity index (χ2v) is 6.39. The van der Waals surface area contributed by atoms with E-state index in [1.807, 2.05) is 31.3 Å². The van der Waals surface area contributed by atoms with Gasteiger partial charge in [-0.25, -0.2) is 9.98 Å². The number of nitrogens with zero attached hydrogens (tertiary/aromatic N) is 3. The number of alkyl halides is 2. The smallest absolute Gasteiger partial charge is 0.387 e. The van der Waals surface area contributed by atoms with Gasteiger partial charge in [-0.05, 0) is 13.0 Å². The van der Waals surface area contributed by atoms with Gasteiger partial charge in [-0.15, -0.1) is 35.3 Å². The van der Waals surface area contributed by atoms with Gasteiger partial charge < -0.3 is 20.3 Å². The number of ether oxygens (including phenoxy) is 1. The Kier molecular flexibility index (Phi) is 10.3. The first kappa shape index (κ1) is 23.3. The molecule has 0 aliphatic rings. The number of para-hydroxylation sites is 1. The van der Waals surface area contributed by atoms with Crippen molar-refractivity contribution in [2.24, 2.45) is 4.99 Å². The number of hydrogen-bond acceptors (Lipinski definition) is 5. The Balaban J connectivity index is 0.00000364. The van der Waals surface area contributed by atoms with Gasteiger partial charge in [0.25, 0.3) is 0 Å². The zero-order valence-electron chi connectivity index (χ0n) is 15.4. The Bertz CT molecular complexity index is 727. The molecular formula is C17H24F2IN5OS. The lowest BCUT2D eigenvalue weighted by atomic mass is 10.2. The van der Waals surface area contributed by atoms with E-state index in [4.69, 9.17) is 0 Å². The van der Waals surface area contributed by atoms with Crippen LogP contribution in [0.1, 0.15) is 18.2 Å². The maximum Gasteiger partial charge on any atom is 0.387 e. The van der Waals surface area contributed by atoms with E-state index in [0.717, 1.165) is 10.8 Å². The van der Waals surface area contributed by atoms with Crippen LogP contribution in [-0.2, 0) is 13.1 Å². The first-order chi connectivity index (χ1) is 12.5. The first-order valence-corrected chi connectivity index (χ1v) is 9.04. The number of benzene rings is 1. The van der Waals surface area contributed by atoms with Gasteiger partial charge >= 0.3 is 6.61 Å². The van der Waals surface area contributed by atoms with Gasteiger partial charge in [0.1, 0.15) is 5.75 Å². The number of thiazole rings is 1. The number of guanidine groups is 1. The van der Waals surface area contributed by atoms with Gasteiger partial charge in [-0.2, -0.15) is 8.78 Å². The molecule has 10 heteroatoms. The highest BCUT2D eigenvalue weighted by atomic mass is 127. The molecular weight excluding hydrogens is 487 g/mol. The van der Waals surface area contributed by atoms with Crippen molar-refractivity contribution in [2.75, 3.05) is 25.5 Å². The van der Waals surface area contributed by atoms with Gasteiger partial charge in [-0.1, -0.05) is 18.2 Å². The minimum atomic E-state index is -2.86. The fourth-order valence-electron chi connectivity index (χ4n) is 2.11. The molecule has 1 aromatic carbocycles. The zero-order valence-corrected chi connectivity index (χ0v) is 18.6. The van der Waals surface area contributed by atoms with E-state index in [0.29, 0.717) is 24.6 Å². The lowest BCUT2D eigenvalue weighted by molar-refractivity contribution is -0.0504. The van der Waals surface area contributed by atoms with Crippen molar-refractivity contribution in [3.8, 4) is 5.75 Å². The van der Waals surface area contributed by atoms with Crippen molar-refractivity contribution < 1.29 is 13.5 Å². The molecule has 0 bridgehead atoms. The molecule has 6 nitrogen and oxygen atoms in total. The molecule has 2 aromatic rings. The number of aliphatic imine (C=N–C) groups is 1. The molecule has 0 spiro atoms. The molecule has 0 amide bonds. The third-order valence-electron chi connectivity index (χ3n) is 3.30. The fraction of sp³-hybridized carbons (Fsp3) is 0.412. The maximum atomic E-state index is 12.5. The Morgan fingerprint density at radius 1 is 1.30 bits per heavy atom. The summed E-state index contributed by atoms with van der Waals surface area (Å²) in [5.74, 6) is 0.718. The van der Waals surface area contributed by atoms with Crippen LogP contribution in [0.5, 0.6) is 5.75 Å². The van der Waals surface area contributed by atoms with E-state index >= 15 is 0 Å². The van der Waals surface area contributed by atoms with Crippen molar-refractivity contribution in [1.29, 1.82) is 0 Å². The average Bonchev–Trinajstić information content (AvgIpc) is 3.07. The minimum absolute atomic E-state index is 0. The average molecular weight is 511 g/mol. The first-order valence-electron chi connectivity index (χ1n) is 8.16. The van der Waals surface area contributed by atoms with E-state index in [9.17, 15) is 8.78 Å². The number of halogens is 3. The molecule has 0 aliphatic heterocycles. The molecule has 150 valence electrons. The minimum Gasteiger partial charge on any atom is -0.434 e. The van der Waals surface area contributed by atoms with Gasteiger partial charge in [0.15, 0.2) is 11.1 Å². The van der Waals surface area contributed by atoms with Crippen molar-refractivity contribution in [1.82, 2.24) is 15.6 Å². The van der Waals surface area contributed by atoms with Gasteiger partial charge in [0, 0.05) is 31.6 Å². The van der Waals surface area contributed by atoms with Gasteiger partial charge in [0.05, 0.1) is 18.8 Å². The highest BCUT2D eigenvalue weighted by Gasteiger charge is 2.09. The number of anilines is 1. The molecule has 1 aromatic heterocycles. The number of hydrogen-bond donors (Lipinski definition) is 2. The normalized spacial score (nSPS) is 11.1. The molecule has 0 aliphatic carbocycles. The molecule has 0 atom stereocenters. The van der Waals surface area contributed by atoms with Crippen LogP contribution in [0.15, 0.2) is 34.6 Å². The van der Waals surface area contributed by atoms with Crippen LogP contribution in [0.3, 0.4) is 0 Å². The van der Waals surface area contributed by atoms with Crippen LogP contribution in [0.4, 0.5) is 13.9 Å². The lowest BCUT2D eigenvalue weighted by Crippen LogP contribution is -2.36. The summed E-state index contributed by atoms with van der Waals surface area (Å²) in [6.07, 6.45) is 0. The molecule has 0 saturated carbocycles. The predicted octanol–water partition coefficient (Wildman–Crippen LogP) is 3.68. The maximum absolute atomic E-state index is 12.5. The summed E-state index contributed by atoms with van der Waals surface area (Å²) in [6, 6.07) is 6.64.